The summed E-state index contributed by atoms with van der Waals surface area (Å²) in [6, 6.07) is 0. The number of esters is 2. The largest absolute Gasteiger partial charge is 0.469 e. The number of hydrogen-bond donors (Lipinski definition) is 4. The molecule has 20 aliphatic carbocycles. The van der Waals surface area contributed by atoms with E-state index in [2.05, 4.69) is 145 Å². The van der Waals surface area contributed by atoms with Gasteiger partial charge in [-0.05, 0) is 485 Å². The Morgan fingerprint density at radius 1 is 0.272 bits per heavy atom. The number of aliphatic hydroxyl groups is 4. The van der Waals surface area contributed by atoms with Crippen molar-refractivity contribution in [2.45, 2.75) is 461 Å². The molecule has 20 aliphatic rings. The smallest absolute Gasteiger partial charge is 0.312 e. The molecular formula is C122H198O14. The van der Waals surface area contributed by atoms with Crippen molar-refractivity contribution in [3.63, 3.8) is 0 Å². The molecule has 136 heavy (non-hydrogen) atoms. The van der Waals surface area contributed by atoms with E-state index in [4.69, 9.17) is 14.2 Å². The number of aliphatic hydroxyl groups excluding tert-OH is 4. The second kappa shape index (κ2) is 34.3. The Morgan fingerprint density at radius 2 is 0.529 bits per heavy atom. The Kier molecular flexibility index (Phi) is 26.4. The van der Waals surface area contributed by atoms with E-state index < -0.39 is 5.41 Å². The lowest BCUT2D eigenvalue weighted by atomic mass is 9.32. The van der Waals surface area contributed by atoms with Crippen molar-refractivity contribution in [3.8, 4) is 0 Å². The summed E-state index contributed by atoms with van der Waals surface area (Å²) in [5, 5.41) is 42.9. The molecule has 14 nitrogen and oxygen atoms in total. The fourth-order valence-corrected chi connectivity index (χ4v) is 47.2. The Hall–Kier alpha value is -2.91. The number of ketones is 5. The van der Waals surface area contributed by atoms with Crippen molar-refractivity contribution in [2.24, 2.45) is 233 Å². The molecule has 0 aromatic rings. The van der Waals surface area contributed by atoms with Crippen LogP contribution in [0.15, 0.2) is 0 Å². The van der Waals surface area contributed by atoms with E-state index >= 15 is 0 Å². The minimum Gasteiger partial charge on any atom is -0.469 e. The average molecular weight is 1890 g/mol. The highest BCUT2D eigenvalue weighted by molar-refractivity contribution is 5.88. The van der Waals surface area contributed by atoms with Crippen molar-refractivity contribution in [3.05, 3.63) is 0 Å². The minimum absolute atomic E-state index is 0.000406. The first-order valence-electron chi connectivity index (χ1n) is 57.1. The maximum atomic E-state index is 13.4. The van der Waals surface area contributed by atoms with Crippen molar-refractivity contribution < 1.29 is 68.2 Å². The van der Waals surface area contributed by atoms with Gasteiger partial charge in [-0.15, -0.1) is 0 Å². The lowest BCUT2D eigenvalue weighted by Crippen LogP contribution is -2.67. The van der Waals surface area contributed by atoms with Gasteiger partial charge in [0.2, 0.25) is 0 Å². The maximum absolute atomic E-state index is 13.4. The number of carbonyl (C=O) groups excluding carboxylic acids is 7. The summed E-state index contributed by atoms with van der Waals surface area (Å²) < 4.78 is 16.9. The minimum atomic E-state index is -0.462. The Labute approximate surface area is 825 Å². The lowest BCUT2D eigenvalue weighted by molar-refractivity contribution is -0.250. The summed E-state index contributed by atoms with van der Waals surface area (Å²) >= 11 is 0. The average Bonchev–Trinajstić information content (AvgIpc) is 1.26. The molecule has 0 aliphatic heterocycles. The van der Waals surface area contributed by atoms with Gasteiger partial charge in [-0.25, -0.2) is 0 Å². The summed E-state index contributed by atoms with van der Waals surface area (Å²) in [5.41, 5.74) is 1.68. The van der Waals surface area contributed by atoms with Crippen LogP contribution < -0.4 is 0 Å². The van der Waals surface area contributed by atoms with Gasteiger partial charge in [0.1, 0.15) is 28.9 Å². The zero-order valence-corrected chi connectivity index (χ0v) is 91.8. The van der Waals surface area contributed by atoms with Crippen LogP contribution in [0.25, 0.3) is 0 Å². The first-order chi connectivity index (χ1) is 63.2. The van der Waals surface area contributed by atoms with E-state index in [1.165, 1.54) is 116 Å². The van der Waals surface area contributed by atoms with E-state index in [1.807, 2.05) is 21.0 Å². The normalized spacial score (nSPS) is 54.0. The van der Waals surface area contributed by atoms with Gasteiger partial charge < -0.3 is 34.6 Å². The van der Waals surface area contributed by atoms with Gasteiger partial charge in [0.25, 0.3) is 0 Å². The molecule has 0 bridgehead atoms. The molecule has 0 heterocycles. The van der Waals surface area contributed by atoms with E-state index in [1.54, 1.807) is 27.9 Å². The molecule has 4 N–H and O–H groups in total. The number of carbonyl (C=O) groups is 7. The molecule has 20 rings (SSSR count). The van der Waals surface area contributed by atoms with Gasteiger partial charge >= 0.3 is 11.9 Å². The summed E-state index contributed by atoms with van der Waals surface area (Å²) in [7, 11) is 5.01. The summed E-state index contributed by atoms with van der Waals surface area (Å²) in [4.78, 5) is 91.5. The van der Waals surface area contributed by atoms with Crippen molar-refractivity contribution in [1.82, 2.24) is 0 Å². The van der Waals surface area contributed by atoms with E-state index in [0.29, 0.717) is 112 Å². The van der Waals surface area contributed by atoms with Gasteiger partial charge in [-0.3, -0.25) is 33.6 Å². The van der Waals surface area contributed by atoms with E-state index in [0.717, 1.165) is 154 Å². The number of hydrogen-bond acceptors (Lipinski definition) is 14. The highest BCUT2D eigenvalue weighted by atomic mass is 16.5. The quantitative estimate of drug-likeness (QED) is 0.149. The van der Waals surface area contributed by atoms with Crippen LogP contribution in [-0.4, -0.2) is 114 Å². The van der Waals surface area contributed by atoms with Crippen LogP contribution in [-0.2, 0) is 47.8 Å². The second-order valence-corrected chi connectivity index (χ2v) is 58.8. The standard InChI is InChI=1S/C31H52O4.C31H50O3.C30H48O4.C30H48O3/c1-19(18-32)20-10-15-31(26(34)35-7)17-16-29(5)21(25(20)31)8-9-23-28(4)13-12-24(33)27(2,3)22(28)11-14-30(23,29)6;1-19(32)21-11-16-31(20(2)33)18-17-29(6)22(26(21)31)9-10-24-28(5)14-13-25(34-8)27(3,4)23(28)12-15-30(24,29)7;1-18(31)19-10-15-30(25(33)34-7)17-16-28(5)20(24(19)30)8-9-22-27(4)13-12-23(32)26(2,3)21(27)11-14-29(22,28)6;1-18(31)20-10-15-30(19(2)32)17-16-28(6)21(25(20)30)8-9-23-27(5)13-12-24(33)26(3,4)22(27)11-14-29(23,28)7/h19-25,32-33H,8-18H2,1-7H3;21-26H,9-18H2,1-8H3;19-24,32H,8-17H2,1-7H3;20-25,33H,8-17H2,1-7H3/t19?,20-,21?,22?,23?,24-,25?,28-,29+,30+,31-;21-,22?,23?,24?,25-,26?,28-,29+,30+,31+;19-,20?,21?,22?,23-,24?,27-,28+,29+,30-;20-,21?,22?,23?,24-,25?,27-,28+,29+,30+/m0000/s1. The van der Waals surface area contributed by atoms with Crippen LogP contribution in [0.4, 0.5) is 0 Å². The summed E-state index contributed by atoms with van der Waals surface area (Å²) in [6.45, 7) is 61.2. The molecule has 0 amide bonds. The molecule has 770 valence electrons. The number of ether oxygens (including phenoxy) is 3. The molecule has 14 heteroatoms. The second-order valence-electron chi connectivity index (χ2n) is 58.8. The molecular weight excluding hydrogens is 1690 g/mol. The van der Waals surface area contributed by atoms with Crippen LogP contribution in [0.5, 0.6) is 0 Å². The fourth-order valence-electron chi connectivity index (χ4n) is 47.2. The topological polar surface area (TPSA) is 228 Å². The number of Topliss-reactive ketones (excluding diaryl/α,β-unsaturated/α-hetero) is 5. The SMILES string of the molecule is CC(=O)[C@@H]1CC[C@]2(C(C)=O)CC[C@]3(C)C(CCC4[C@@]5(C)CC[C@H](O)C(C)(C)C5CC[C@]43C)C12.COC(=O)[C@]12CC[C@@H](C(C)=O)C1C1CCC3[C@@]4(C)CC[C@H](O)C(C)(C)C4CC[C@@]3(C)[C@]1(C)CC2.COC(=O)[C@]12CC[C@@H](C(C)CO)C1C1CCC3[C@@]4(C)CC[C@H](O)C(C)(C)C4CC[C@@]3(C)[C@]1(C)CC2.CO[C@H]1CC[C@@]2(C)C(CC[C@]3(C)C2CCC2C4[C@H](C(C)=O)CC[C@]4(C(C)=O)CC[C@]23C)C1(C)C. The maximum Gasteiger partial charge on any atom is 0.312 e. The summed E-state index contributed by atoms with van der Waals surface area (Å²) in [5.74, 6) is 10.4. The molecule has 20 fully saturated rings. The van der Waals surface area contributed by atoms with E-state index in [-0.39, 0.29) is 182 Å². The first-order valence-corrected chi connectivity index (χ1v) is 57.1. The van der Waals surface area contributed by atoms with Crippen LogP contribution in [0.1, 0.15) is 437 Å². The van der Waals surface area contributed by atoms with Gasteiger partial charge in [-0.1, -0.05) is 145 Å². The molecule has 41 atom stereocenters. The number of fused-ring (bicyclic) bond motifs is 28. The fraction of sp³-hybridized carbons (Fsp3) is 0.943. The summed E-state index contributed by atoms with van der Waals surface area (Å²) in [6.07, 6.45) is 43.5. The number of methoxy groups -OCH3 is 3. The van der Waals surface area contributed by atoms with Crippen LogP contribution in [0, 0.1) is 233 Å². The third-order valence-electron chi connectivity index (χ3n) is 55.1. The number of rotatable bonds is 10. The zero-order chi connectivity index (χ0) is 99.6. The molecule has 20 saturated carbocycles. The predicted octanol–water partition coefficient (Wildman–Crippen LogP) is 26.3. The predicted molar refractivity (Wildman–Crippen MR) is 539 cm³/mol. The van der Waals surface area contributed by atoms with Gasteiger partial charge in [0.05, 0.1) is 49.5 Å². The first kappa shape index (κ1) is 104. The van der Waals surface area contributed by atoms with Crippen LogP contribution >= 0.6 is 0 Å². The van der Waals surface area contributed by atoms with E-state index in [9.17, 15) is 54.0 Å². The third kappa shape index (κ3) is 13.8. The molecule has 0 saturated heterocycles. The molecule has 0 spiro atoms. The Morgan fingerprint density at radius 3 is 0.809 bits per heavy atom. The third-order valence-corrected chi connectivity index (χ3v) is 55.1. The zero-order valence-electron chi connectivity index (χ0n) is 91.8. The highest BCUT2D eigenvalue weighted by Crippen LogP contribution is 2.85. The van der Waals surface area contributed by atoms with Crippen molar-refractivity contribution >= 4 is 40.9 Å². The van der Waals surface area contributed by atoms with Crippen LogP contribution in [0.3, 0.4) is 0 Å². The monoisotopic (exact) mass is 1890 g/mol. The lowest BCUT2D eigenvalue weighted by Gasteiger charge is -2.73. The molecule has 0 radical (unpaired) electrons. The highest BCUT2D eigenvalue weighted by Gasteiger charge is 2.79. The van der Waals surface area contributed by atoms with Crippen molar-refractivity contribution in [2.75, 3.05) is 27.9 Å². The Balaban J connectivity index is 0.000000126. The molecule has 0 aromatic carbocycles. The van der Waals surface area contributed by atoms with Gasteiger partial charge in [-0.2, -0.15) is 0 Å². The van der Waals surface area contributed by atoms with Crippen LogP contribution in [0.2, 0.25) is 0 Å². The Bertz CT molecular complexity index is 4590. The van der Waals surface area contributed by atoms with Gasteiger partial charge in [0, 0.05) is 42.3 Å². The molecule has 17 unspecified atom stereocenters. The van der Waals surface area contributed by atoms with Crippen molar-refractivity contribution in [1.29, 1.82) is 0 Å². The van der Waals surface area contributed by atoms with Gasteiger partial charge in [0.15, 0.2) is 0 Å². The molecule has 0 aromatic heterocycles.